The van der Waals surface area contributed by atoms with Gasteiger partial charge < -0.3 is 10.2 Å². The van der Waals surface area contributed by atoms with Crippen LogP contribution in [0.3, 0.4) is 0 Å². The lowest BCUT2D eigenvalue weighted by molar-refractivity contribution is -0.00601. The molecule has 2 heterocycles. The number of piperidine rings is 1. The molecule has 2 amide bonds. The van der Waals surface area contributed by atoms with E-state index in [-0.39, 0.29) is 17.9 Å². The van der Waals surface area contributed by atoms with Gasteiger partial charge in [-0.05, 0) is 61.8 Å². The number of fused-ring (bicyclic) bond motifs is 2. The third-order valence-electron chi connectivity index (χ3n) is 6.24. The molecule has 2 aliphatic carbocycles. The molecule has 4 atom stereocenters. The highest BCUT2D eigenvalue weighted by atomic mass is 35.5. The minimum absolute atomic E-state index is 0.00433. The highest BCUT2D eigenvalue weighted by Gasteiger charge is 2.46. The fourth-order valence-electron chi connectivity index (χ4n) is 5.06. The molecule has 1 N–H and O–H groups in total. The summed E-state index contributed by atoms with van der Waals surface area (Å²) in [6.45, 7) is 2.27. The highest BCUT2D eigenvalue weighted by Crippen LogP contribution is 2.43. The fraction of sp³-hybridized carbons (Fsp3) is 0.600. The zero-order valence-electron chi connectivity index (χ0n) is 14.5. The van der Waals surface area contributed by atoms with Crippen LogP contribution < -0.4 is 5.32 Å². The van der Waals surface area contributed by atoms with Crippen LogP contribution in [0.5, 0.6) is 0 Å². The molecule has 4 aliphatic rings. The molecule has 2 bridgehead atoms. The first-order chi connectivity index (χ1) is 12.1. The number of hydrogen-bond acceptors (Lipinski definition) is 2. The molecule has 2 saturated heterocycles. The number of anilines is 1. The topological polar surface area (TPSA) is 56.1 Å². The van der Waals surface area contributed by atoms with E-state index in [9.17, 15) is 10.1 Å². The molecule has 1 aromatic carbocycles. The number of amides is 2. The van der Waals surface area contributed by atoms with E-state index in [1.165, 1.54) is 0 Å². The van der Waals surface area contributed by atoms with Gasteiger partial charge in [0.15, 0.2) is 0 Å². The van der Waals surface area contributed by atoms with E-state index in [4.69, 9.17) is 11.6 Å². The van der Waals surface area contributed by atoms with Crippen molar-refractivity contribution in [3.8, 4) is 6.07 Å². The van der Waals surface area contributed by atoms with Gasteiger partial charge in [0.05, 0.1) is 12.0 Å². The van der Waals surface area contributed by atoms with Crippen molar-refractivity contribution in [1.82, 2.24) is 4.90 Å². The van der Waals surface area contributed by atoms with E-state index in [2.05, 4.69) is 18.3 Å². The summed E-state index contributed by atoms with van der Waals surface area (Å²) >= 11 is 6.40. The Balaban J connectivity index is 1.49. The molecule has 132 valence electrons. The lowest BCUT2D eigenvalue weighted by atomic mass is 9.74. The molecule has 25 heavy (non-hydrogen) atoms. The van der Waals surface area contributed by atoms with Crippen LogP contribution in [0.25, 0.3) is 0 Å². The lowest BCUT2D eigenvalue weighted by Gasteiger charge is -2.54. The van der Waals surface area contributed by atoms with Gasteiger partial charge >= 0.3 is 6.03 Å². The quantitative estimate of drug-likeness (QED) is 0.795. The summed E-state index contributed by atoms with van der Waals surface area (Å²) in [7, 11) is 0. The van der Waals surface area contributed by atoms with Crippen LogP contribution in [0.15, 0.2) is 18.2 Å². The molecule has 2 unspecified atom stereocenters. The van der Waals surface area contributed by atoms with E-state index in [1.807, 2.05) is 23.1 Å². The molecule has 0 radical (unpaired) electrons. The Morgan fingerprint density at radius 3 is 2.76 bits per heavy atom. The normalized spacial score (nSPS) is 33.5. The number of benzene rings is 1. The number of hydrogen-bond donors (Lipinski definition) is 1. The largest absolute Gasteiger partial charge is 0.322 e. The first-order valence-corrected chi connectivity index (χ1v) is 9.73. The van der Waals surface area contributed by atoms with Crippen molar-refractivity contribution in [3.05, 3.63) is 28.8 Å². The summed E-state index contributed by atoms with van der Waals surface area (Å²) in [6.07, 6.45) is 6.36. The van der Waals surface area contributed by atoms with E-state index in [1.54, 1.807) is 0 Å². The van der Waals surface area contributed by atoms with Crippen molar-refractivity contribution in [2.75, 3.05) is 5.32 Å². The maximum atomic E-state index is 12.7. The van der Waals surface area contributed by atoms with Crippen LogP contribution in [0, 0.1) is 23.2 Å². The second-order valence-electron chi connectivity index (χ2n) is 7.97. The Kier molecular flexibility index (Phi) is 4.37. The van der Waals surface area contributed by atoms with Gasteiger partial charge in [-0.1, -0.05) is 24.9 Å². The van der Waals surface area contributed by atoms with Crippen molar-refractivity contribution in [3.63, 3.8) is 0 Å². The van der Waals surface area contributed by atoms with Crippen LogP contribution in [0.4, 0.5) is 10.5 Å². The molecule has 4 fully saturated rings. The molecule has 0 aromatic heterocycles. The Morgan fingerprint density at radius 1 is 1.28 bits per heavy atom. The van der Waals surface area contributed by atoms with Gasteiger partial charge in [-0.15, -0.1) is 0 Å². The molecule has 5 heteroatoms. The maximum absolute atomic E-state index is 12.7. The maximum Gasteiger partial charge on any atom is 0.322 e. The molecular formula is C20H24ClN3O. The monoisotopic (exact) mass is 357 g/mol. The van der Waals surface area contributed by atoms with Gasteiger partial charge in [0.1, 0.15) is 0 Å². The number of nitrogens with one attached hydrogen (secondary N) is 1. The second kappa shape index (κ2) is 6.53. The Morgan fingerprint density at radius 2 is 2.04 bits per heavy atom. The van der Waals surface area contributed by atoms with E-state index in [0.717, 1.165) is 55.7 Å². The SMILES string of the molecule is CC1CC2CC(C1)N2C(=O)Nc1ccc(Cl)c([C@@H]2CCC[C@H]2C#N)c1. The number of nitrogens with zero attached hydrogens (tertiary/aromatic N) is 2. The second-order valence-corrected chi connectivity index (χ2v) is 8.37. The van der Waals surface area contributed by atoms with Crippen LogP contribution in [0.2, 0.25) is 5.02 Å². The highest BCUT2D eigenvalue weighted by molar-refractivity contribution is 6.31. The summed E-state index contributed by atoms with van der Waals surface area (Å²) in [5.41, 5.74) is 1.78. The van der Waals surface area contributed by atoms with Gasteiger partial charge in [-0.2, -0.15) is 5.26 Å². The smallest absolute Gasteiger partial charge is 0.318 e. The molecule has 0 spiro atoms. The van der Waals surface area contributed by atoms with E-state index < -0.39 is 0 Å². The summed E-state index contributed by atoms with van der Waals surface area (Å²) in [4.78, 5) is 14.7. The molecule has 2 aliphatic heterocycles. The van der Waals surface area contributed by atoms with Crippen LogP contribution >= 0.6 is 11.6 Å². The molecule has 5 rings (SSSR count). The minimum atomic E-state index is 0.00433. The van der Waals surface area contributed by atoms with Crippen molar-refractivity contribution >= 4 is 23.3 Å². The number of carbonyl (C=O) groups excluding carboxylic acids is 1. The van der Waals surface area contributed by atoms with Crippen LogP contribution in [0.1, 0.15) is 56.9 Å². The lowest BCUT2D eigenvalue weighted by Crippen LogP contribution is -2.63. The Bertz CT molecular complexity index is 716. The summed E-state index contributed by atoms with van der Waals surface area (Å²) < 4.78 is 0. The van der Waals surface area contributed by atoms with Crippen molar-refractivity contribution in [2.24, 2.45) is 11.8 Å². The summed E-state index contributed by atoms with van der Waals surface area (Å²) in [5.74, 6) is 0.929. The van der Waals surface area contributed by atoms with Crippen molar-refractivity contribution in [2.45, 2.75) is 63.5 Å². The summed E-state index contributed by atoms with van der Waals surface area (Å²) in [5, 5.41) is 13.1. The van der Waals surface area contributed by atoms with Gasteiger partial charge in [-0.3, -0.25) is 0 Å². The number of nitriles is 1. The van der Waals surface area contributed by atoms with E-state index in [0.29, 0.717) is 17.1 Å². The van der Waals surface area contributed by atoms with Gasteiger partial charge in [0, 0.05) is 28.7 Å². The average molecular weight is 358 g/mol. The standard InChI is InChI=1S/C20H24ClN3O/c1-12-7-15-10-16(8-12)24(15)20(25)23-14-5-6-19(21)18(9-14)17-4-2-3-13(17)11-22/h5-6,9,12-13,15-17H,2-4,7-8,10H2,1H3,(H,23,25)/t12?,13-,15?,16?,17+/m0/s1. The predicted octanol–water partition coefficient (Wildman–Crippen LogP) is 5.15. The molecule has 4 nitrogen and oxygen atoms in total. The molecule has 1 aromatic rings. The van der Waals surface area contributed by atoms with Crippen LogP contribution in [-0.4, -0.2) is 23.0 Å². The number of carbonyl (C=O) groups is 1. The van der Waals surface area contributed by atoms with Crippen molar-refractivity contribution < 1.29 is 4.79 Å². The third-order valence-corrected chi connectivity index (χ3v) is 6.59. The summed E-state index contributed by atoms with van der Waals surface area (Å²) in [6, 6.07) is 8.90. The number of rotatable bonds is 2. The molecule has 2 saturated carbocycles. The van der Waals surface area contributed by atoms with E-state index >= 15 is 0 Å². The number of urea groups is 1. The fourth-order valence-corrected chi connectivity index (χ4v) is 5.32. The first kappa shape index (κ1) is 16.7. The zero-order valence-corrected chi connectivity index (χ0v) is 15.3. The van der Waals surface area contributed by atoms with Gasteiger partial charge in [0.25, 0.3) is 0 Å². The van der Waals surface area contributed by atoms with Gasteiger partial charge in [-0.25, -0.2) is 4.79 Å². The first-order valence-electron chi connectivity index (χ1n) is 9.35. The minimum Gasteiger partial charge on any atom is -0.318 e. The Hall–Kier alpha value is -1.73. The third kappa shape index (κ3) is 3.00. The van der Waals surface area contributed by atoms with Crippen LogP contribution in [-0.2, 0) is 0 Å². The van der Waals surface area contributed by atoms with Gasteiger partial charge in [0.2, 0.25) is 0 Å². The Labute approximate surface area is 154 Å². The molecular weight excluding hydrogens is 334 g/mol. The zero-order chi connectivity index (χ0) is 17.6. The van der Waals surface area contributed by atoms with Crippen molar-refractivity contribution in [1.29, 1.82) is 5.26 Å². The average Bonchev–Trinajstić information content (AvgIpc) is 3.04. The predicted molar refractivity (Wildman–Crippen MR) is 98.6 cm³/mol. The number of halogens is 1.